The Labute approximate surface area is 145 Å². The van der Waals surface area contributed by atoms with E-state index in [9.17, 15) is 9.59 Å². The zero-order valence-electron chi connectivity index (χ0n) is 14.0. The van der Waals surface area contributed by atoms with Gasteiger partial charge in [-0.3, -0.25) is 9.59 Å². The predicted molar refractivity (Wildman–Crippen MR) is 94.3 cm³/mol. The molecule has 0 saturated carbocycles. The summed E-state index contributed by atoms with van der Waals surface area (Å²) in [4.78, 5) is 26.1. The number of hydrogen-bond donors (Lipinski definition) is 2. The molecule has 2 N–H and O–H groups in total. The number of aryl methyl sites for hydroxylation is 1. The van der Waals surface area contributed by atoms with Crippen molar-refractivity contribution in [2.45, 2.75) is 46.1 Å². The van der Waals surface area contributed by atoms with Crippen molar-refractivity contribution in [1.82, 2.24) is 5.32 Å². The summed E-state index contributed by atoms with van der Waals surface area (Å²) in [5, 5.41) is 6.52. The number of carbonyl (C=O) groups excluding carboxylic acids is 2. The Morgan fingerprint density at radius 2 is 2.08 bits per heavy atom. The molecule has 2 aromatic rings. The summed E-state index contributed by atoms with van der Waals surface area (Å²) in [6.45, 7) is 4.03. The minimum atomic E-state index is -0.148. The van der Waals surface area contributed by atoms with Crippen LogP contribution in [0.1, 0.15) is 53.2 Å². The van der Waals surface area contributed by atoms with E-state index in [1.165, 1.54) is 4.88 Å². The predicted octanol–water partition coefficient (Wildman–Crippen LogP) is 3.74. The molecule has 5 nitrogen and oxygen atoms in total. The topological polar surface area (TPSA) is 71.3 Å². The SMILES string of the molecule is CC(C)C(=O)Nc1sc2c(c1C(=O)NCc1ccco1)CCCC2. The molecular formula is C18H22N2O3S. The van der Waals surface area contributed by atoms with Gasteiger partial charge in [0.05, 0.1) is 18.4 Å². The second-order valence-electron chi connectivity index (χ2n) is 6.32. The van der Waals surface area contributed by atoms with Crippen molar-refractivity contribution >= 4 is 28.2 Å². The van der Waals surface area contributed by atoms with Crippen LogP contribution in [0.2, 0.25) is 0 Å². The molecule has 2 amide bonds. The molecule has 2 heterocycles. The minimum absolute atomic E-state index is 0.0614. The van der Waals surface area contributed by atoms with Crippen LogP contribution in [0.3, 0.4) is 0 Å². The zero-order chi connectivity index (χ0) is 17.1. The molecule has 0 saturated heterocycles. The molecule has 128 valence electrons. The number of carbonyl (C=O) groups is 2. The highest BCUT2D eigenvalue weighted by Crippen LogP contribution is 2.38. The number of rotatable bonds is 5. The standard InChI is InChI=1S/C18H22N2O3S/c1-11(2)16(21)20-18-15(13-7-3-4-8-14(13)24-18)17(22)19-10-12-6-5-9-23-12/h5-6,9,11H,3-4,7-8,10H2,1-2H3,(H,19,22)(H,20,21). The van der Waals surface area contributed by atoms with Crippen LogP contribution in [0, 0.1) is 5.92 Å². The molecule has 6 heteroatoms. The molecule has 0 atom stereocenters. The van der Waals surface area contributed by atoms with Gasteiger partial charge in [-0.1, -0.05) is 13.8 Å². The number of thiophene rings is 1. The van der Waals surface area contributed by atoms with Crippen molar-refractivity contribution in [3.05, 3.63) is 40.2 Å². The largest absolute Gasteiger partial charge is 0.467 e. The van der Waals surface area contributed by atoms with Gasteiger partial charge in [0.15, 0.2) is 0 Å². The van der Waals surface area contributed by atoms with Crippen molar-refractivity contribution in [1.29, 1.82) is 0 Å². The minimum Gasteiger partial charge on any atom is -0.467 e. The van der Waals surface area contributed by atoms with Gasteiger partial charge in [0.25, 0.3) is 5.91 Å². The van der Waals surface area contributed by atoms with Gasteiger partial charge < -0.3 is 15.1 Å². The van der Waals surface area contributed by atoms with Crippen LogP contribution >= 0.6 is 11.3 Å². The molecular weight excluding hydrogens is 324 g/mol. The van der Waals surface area contributed by atoms with Crippen molar-refractivity contribution in [3.63, 3.8) is 0 Å². The summed E-state index contributed by atoms with van der Waals surface area (Å²) < 4.78 is 5.26. The molecule has 3 rings (SSSR count). The smallest absolute Gasteiger partial charge is 0.254 e. The van der Waals surface area contributed by atoms with E-state index in [1.807, 2.05) is 19.9 Å². The van der Waals surface area contributed by atoms with E-state index in [1.54, 1.807) is 23.7 Å². The maximum Gasteiger partial charge on any atom is 0.254 e. The fourth-order valence-electron chi connectivity index (χ4n) is 2.82. The van der Waals surface area contributed by atoms with Gasteiger partial charge in [-0.25, -0.2) is 0 Å². The maximum atomic E-state index is 12.7. The van der Waals surface area contributed by atoms with Crippen LogP contribution in [0.15, 0.2) is 22.8 Å². The second-order valence-corrected chi connectivity index (χ2v) is 7.43. The molecule has 2 aromatic heterocycles. The maximum absolute atomic E-state index is 12.7. The fraction of sp³-hybridized carbons (Fsp3) is 0.444. The van der Waals surface area contributed by atoms with E-state index in [-0.39, 0.29) is 17.7 Å². The molecule has 0 unspecified atom stereocenters. The fourth-order valence-corrected chi connectivity index (χ4v) is 4.11. The molecule has 0 fully saturated rings. The summed E-state index contributed by atoms with van der Waals surface area (Å²) >= 11 is 1.54. The third-order valence-electron chi connectivity index (χ3n) is 4.16. The van der Waals surface area contributed by atoms with E-state index in [2.05, 4.69) is 10.6 Å². The monoisotopic (exact) mass is 346 g/mol. The number of nitrogens with one attached hydrogen (secondary N) is 2. The first-order valence-corrected chi connectivity index (χ1v) is 9.14. The lowest BCUT2D eigenvalue weighted by atomic mass is 9.95. The van der Waals surface area contributed by atoms with E-state index in [0.29, 0.717) is 22.9 Å². The lowest BCUT2D eigenvalue weighted by molar-refractivity contribution is -0.118. The normalized spacial score (nSPS) is 13.6. The van der Waals surface area contributed by atoms with Crippen molar-refractivity contribution in [2.75, 3.05) is 5.32 Å². The van der Waals surface area contributed by atoms with Gasteiger partial charge in [0.2, 0.25) is 5.91 Å². The molecule has 0 bridgehead atoms. The Bertz CT molecular complexity index is 732. The molecule has 24 heavy (non-hydrogen) atoms. The molecule has 1 aliphatic carbocycles. The summed E-state index contributed by atoms with van der Waals surface area (Å²) in [5.74, 6) is 0.377. The van der Waals surface area contributed by atoms with E-state index in [0.717, 1.165) is 31.2 Å². The quantitative estimate of drug-likeness (QED) is 0.866. The van der Waals surface area contributed by atoms with Gasteiger partial charge in [-0.15, -0.1) is 11.3 Å². The number of hydrogen-bond acceptors (Lipinski definition) is 4. The van der Waals surface area contributed by atoms with Crippen LogP contribution in [0.4, 0.5) is 5.00 Å². The highest BCUT2D eigenvalue weighted by molar-refractivity contribution is 7.17. The number of amides is 2. The molecule has 0 radical (unpaired) electrons. The van der Waals surface area contributed by atoms with E-state index < -0.39 is 0 Å². The summed E-state index contributed by atoms with van der Waals surface area (Å²) in [6, 6.07) is 3.62. The Balaban J connectivity index is 1.84. The highest BCUT2D eigenvalue weighted by atomic mass is 32.1. The van der Waals surface area contributed by atoms with E-state index in [4.69, 9.17) is 4.42 Å². The number of fused-ring (bicyclic) bond motifs is 1. The van der Waals surface area contributed by atoms with Crippen LogP contribution in [0.5, 0.6) is 0 Å². The van der Waals surface area contributed by atoms with E-state index >= 15 is 0 Å². The van der Waals surface area contributed by atoms with Crippen LogP contribution in [-0.4, -0.2) is 11.8 Å². The Kier molecular flexibility index (Phi) is 5.04. The summed E-state index contributed by atoms with van der Waals surface area (Å²) in [7, 11) is 0. The zero-order valence-corrected chi connectivity index (χ0v) is 14.8. The molecule has 0 aromatic carbocycles. The first kappa shape index (κ1) is 16.8. The molecule has 1 aliphatic rings. The number of anilines is 1. The average molecular weight is 346 g/mol. The van der Waals surface area contributed by atoms with Gasteiger partial charge >= 0.3 is 0 Å². The van der Waals surface area contributed by atoms with Crippen LogP contribution in [0.25, 0.3) is 0 Å². The summed E-state index contributed by atoms with van der Waals surface area (Å²) in [5.41, 5.74) is 1.73. The van der Waals surface area contributed by atoms with Crippen LogP contribution < -0.4 is 10.6 Å². The molecule has 0 spiro atoms. The van der Waals surface area contributed by atoms with Gasteiger partial charge in [-0.2, -0.15) is 0 Å². The Morgan fingerprint density at radius 3 is 2.79 bits per heavy atom. The van der Waals surface area contributed by atoms with Crippen molar-refractivity contribution in [2.24, 2.45) is 5.92 Å². The lowest BCUT2D eigenvalue weighted by Gasteiger charge is -2.13. The average Bonchev–Trinajstić information content (AvgIpc) is 3.19. The Morgan fingerprint density at radius 1 is 1.29 bits per heavy atom. The van der Waals surface area contributed by atoms with Crippen LogP contribution in [-0.2, 0) is 24.2 Å². The Hall–Kier alpha value is -2.08. The molecule has 0 aliphatic heterocycles. The van der Waals surface area contributed by atoms with Gasteiger partial charge in [0, 0.05) is 10.8 Å². The van der Waals surface area contributed by atoms with Gasteiger partial charge in [0.1, 0.15) is 10.8 Å². The third-order valence-corrected chi connectivity index (χ3v) is 5.37. The van der Waals surface area contributed by atoms with Crippen molar-refractivity contribution < 1.29 is 14.0 Å². The number of furan rings is 1. The first-order valence-electron chi connectivity index (χ1n) is 8.32. The van der Waals surface area contributed by atoms with Gasteiger partial charge in [-0.05, 0) is 43.4 Å². The summed E-state index contributed by atoms with van der Waals surface area (Å²) in [6.07, 6.45) is 5.68. The second kappa shape index (κ2) is 7.21. The van der Waals surface area contributed by atoms with Crippen molar-refractivity contribution in [3.8, 4) is 0 Å². The highest BCUT2D eigenvalue weighted by Gasteiger charge is 2.26. The first-order chi connectivity index (χ1) is 11.6. The lowest BCUT2D eigenvalue weighted by Crippen LogP contribution is -2.26. The third kappa shape index (κ3) is 3.53.